The quantitative estimate of drug-likeness (QED) is 0.734. The van der Waals surface area contributed by atoms with Crippen LogP contribution < -0.4 is 0 Å². The van der Waals surface area contributed by atoms with Crippen LogP contribution in [0.3, 0.4) is 0 Å². The molecule has 0 spiro atoms. The van der Waals surface area contributed by atoms with Gasteiger partial charge in [-0.2, -0.15) is 0 Å². The lowest BCUT2D eigenvalue weighted by atomic mass is 9.93. The minimum absolute atomic E-state index is 0.0385. The normalized spacial score (nSPS) is 37.1. The molecule has 2 heterocycles. The molecule has 0 saturated carbocycles. The molecule has 0 N–H and O–H groups in total. The number of hydrogen-bond donors (Lipinski definition) is 0. The van der Waals surface area contributed by atoms with Crippen LogP contribution in [0, 0.1) is 11.8 Å². The van der Waals surface area contributed by atoms with Crippen LogP contribution in [0.4, 0.5) is 0 Å². The summed E-state index contributed by atoms with van der Waals surface area (Å²) in [7, 11) is 3.70. The van der Waals surface area contributed by atoms with E-state index in [1.807, 2.05) is 14.1 Å². The molecule has 0 aromatic heterocycles. The van der Waals surface area contributed by atoms with Crippen molar-refractivity contribution in [1.82, 2.24) is 9.80 Å². The van der Waals surface area contributed by atoms with Gasteiger partial charge in [-0.1, -0.05) is 12.2 Å². The Balaban J connectivity index is 1.66. The van der Waals surface area contributed by atoms with Gasteiger partial charge in [0, 0.05) is 39.8 Å². The third-order valence-electron chi connectivity index (χ3n) is 5.03. The summed E-state index contributed by atoms with van der Waals surface area (Å²) in [5, 5.41) is 0. The van der Waals surface area contributed by atoms with Crippen molar-refractivity contribution in [3.63, 3.8) is 0 Å². The SMILES string of the molecule is CN(C)C(=O)[C@H]1CN(C[C@H]2CC=CCC2)[C@@H]2CCO[C@H]12. The van der Waals surface area contributed by atoms with Crippen molar-refractivity contribution in [2.24, 2.45) is 11.8 Å². The summed E-state index contributed by atoms with van der Waals surface area (Å²) in [4.78, 5) is 16.6. The van der Waals surface area contributed by atoms with Gasteiger partial charge in [-0.15, -0.1) is 0 Å². The Morgan fingerprint density at radius 3 is 2.90 bits per heavy atom. The average Bonchev–Trinajstić information content (AvgIpc) is 3.03. The largest absolute Gasteiger partial charge is 0.376 e. The van der Waals surface area contributed by atoms with Gasteiger partial charge in [0.25, 0.3) is 0 Å². The van der Waals surface area contributed by atoms with Crippen molar-refractivity contribution in [3.05, 3.63) is 12.2 Å². The first kappa shape index (κ1) is 14.1. The number of carbonyl (C=O) groups is 1. The Bertz CT molecular complexity index is 394. The van der Waals surface area contributed by atoms with E-state index in [2.05, 4.69) is 17.1 Å². The fourth-order valence-corrected chi connectivity index (χ4v) is 3.98. The molecule has 4 nitrogen and oxygen atoms in total. The van der Waals surface area contributed by atoms with Gasteiger partial charge in [-0.3, -0.25) is 9.69 Å². The second kappa shape index (κ2) is 5.86. The molecule has 2 aliphatic heterocycles. The Morgan fingerprint density at radius 1 is 1.35 bits per heavy atom. The third-order valence-corrected chi connectivity index (χ3v) is 5.03. The molecule has 4 heteroatoms. The van der Waals surface area contributed by atoms with Gasteiger partial charge in [-0.05, 0) is 31.6 Å². The van der Waals surface area contributed by atoms with E-state index in [1.54, 1.807) is 4.90 Å². The highest BCUT2D eigenvalue weighted by atomic mass is 16.5. The summed E-state index contributed by atoms with van der Waals surface area (Å²) in [6, 6.07) is 0.467. The number of rotatable bonds is 3. The predicted octanol–water partition coefficient (Wildman–Crippen LogP) is 1.52. The fraction of sp³-hybridized carbons (Fsp3) is 0.812. The monoisotopic (exact) mass is 278 g/mol. The maximum absolute atomic E-state index is 12.3. The van der Waals surface area contributed by atoms with E-state index in [1.165, 1.54) is 19.3 Å². The van der Waals surface area contributed by atoms with Crippen molar-refractivity contribution in [1.29, 1.82) is 0 Å². The number of likely N-dealkylation sites (tertiary alicyclic amines) is 1. The smallest absolute Gasteiger partial charge is 0.229 e. The molecule has 1 aliphatic carbocycles. The number of allylic oxidation sites excluding steroid dienone is 2. The second-order valence-corrected chi connectivity index (χ2v) is 6.63. The number of hydrogen-bond acceptors (Lipinski definition) is 3. The number of fused-ring (bicyclic) bond motifs is 1. The van der Waals surface area contributed by atoms with Crippen molar-refractivity contribution in [2.45, 2.75) is 37.8 Å². The van der Waals surface area contributed by atoms with Crippen LogP contribution >= 0.6 is 0 Å². The summed E-state index contributed by atoms with van der Waals surface area (Å²) in [5.74, 6) is 1.03. The average molecular weight is 278 g/mol. The van der Waals surface area contributed by atoms with Crippen LogP contribution in [-0.2, 0) is 9.53 Å². The third kappa shape index (κ3) is 2.63. The van der Waals surface area contributed by atoms with Gasteiger partial charge in [-0.25, -0.2) is 0 Å². The highest BCUT2D eigenvalue weighted by molar-refractivity contribution is 5.79. The Labute approximate surface area is 121 Å². The molecule has 1 amide bonds. The molecule has 3 rings (SSSR count). The lowest BCUT2D eigenvalue weighted by Gasteiger charge is -2.28. The summed E-state index contributed by atoms with van der Waals surface area (Å²) >= 11 is 0. The Hall–Kier alpha value is -0.870. The molecule has 0 radical (unpaired) electrons. The molecule has 4 atom stereocenters. The van der Waals surface area contributed by atoms with Gasteiger partial charge in [0.15, 0.2) is 0 Å². The summed E-state index contributed by atoms with van der Waals surface area (Å²) < 4.78 is 5.88. The first-order chi connectivity index (χ1) is 9.66. The molecular weight excluding hydrogens is 252 g/mol. The zero-order valence-corrected chi connectivity index (χ0v) is 12.6. The molecule has 2 saturated heterocycles. The van der Waals surface area contributed by atoms with Crippen LogP contribution in [0.25, 0.3) is 0 Å². The maximum atomic E-state index is 12.3. The van der Waals surface area contributed by atoms with Crippen molar-refractivity contribution in [3.8, 4) is 0 Å². The first-order valence-electron chi connectivity index (χ1n) is 7.88. The second-order valence-electron chi connectivity index (χ2n) is 6.63. The van der Waals surface area contributed by atoms with Gasteiger partial charge in [0.1, 0.15) is 0 Å². The zero-order chi connectivity index (χ0) is 14.1. The van der Waals surface area contributed by atoms with Gasteiger partial charge in [0.05, 0.1) is 12.0 Å². The van der Waals surface area contributed by atoms with Crippen LogP contribution in [-0.4, -0.2) is 61.6 Å². The van der Waals surface area contributed by atoms with Crippen LogP contribution in [0.1, 0.15) is 25.7 Å². The fourth-order valence-electron chi connectivity index (χ4n) is 3.98. The highest BCUT2D eigenvalue weighted by Crippen LogP contribution is 2.35. The van der Waals surface area contributed by atoms with E-state index in [9.17, 15) is 4.79 Å². The van der Waals surface area contributed by atoms with E-state index in [0.29, 0.717) is 6.04 Å². The molecular formula is C16H26N2O2. The lowest BCUT2D eigenvalue weighted by Crippen LogP contribution is -2.37. The maximum Gasteiger partial charge on any atom is 0.229 e. The van der Waals surface area contributed by atoms with E-state index in [-0.39, 0.29) is 17.9 Å². The lowest BCUT2D eigenvalue weighted by molar-refractivity contribution is -0.135. The number of carbonyl (C=O) groups excluding carboxylic acids is 1. The minimum Gasteiger partial charge on any atom is -0.376 e. The topological polar surface area (TPSA) is 32.8 Å². The number of amides is 1. The van der Waals surface area contributed by atoms with Gasteiger partial charge in [0.2, 0.25) is 5.91 Å². The highest BCUT2D eigenvalue weighted by Gasteiger charge is 2.49. The van der Waals surface area contributed by atoms with E-state index >= 15 is 0 Å². The molecule has 20 heavy (non-hydrogen) atoms. The summed E-state index contributed by atoms with van der Waals surface area (Å²) in [6.07, 6.45) is 9.52. The van der Waals surface area contributed by atoms with Crippen LogP contribution in [0.2, 0.25) is 0 Å². The van der Waals surface area contributed by atoms with Crippen molar-refractivity contribution < 1.29 is 9.53 Å². The summed E-state index contributed by atoms with van der Waals surface area (Å²) in [6.45, 7) is 2.83. The first-order valence-corrected chi connectivity index (χ1v) is 7.88. The van der Waals surface area contributed by atoms with Crippen LogP contribution in [0.15, 0.2) is 12.2 Å². The number of ether oxygens (including phenoxy) is 1. The molecule has 0 unspecified atom stereocenters. The van der Waals surface area contributed by atoms with Crippen molar-refractivity contribution in [2.75, 3.05) is 33.8 Å². The molecule has 0 aromatic carbocycles. The van der Waals surface area contributed by atoms with Gasteiger partial charge < -0.3 is 9.64 Å². The molecule has 0 aromatic rings. The molecule has 112 valence electrons. The molecule has 2 fully saturated rings. The van der Waals surface area contributed by atoms with Gasteiger partial charge >= 0.3 is 0 Å². The van der Waals surface area contributed by atoms with E-state index in [0.717, 1.165) is 32.0 Å². The molecule has 3 aliphatic rings. The number of nitrogens with zero attached hydrogens (tertiary/aromatic N) is 2. The zero-order valence-electron chi connectivity index (χ0n) is 12.6. The Morgan fingerprint density at radius 2 is 2.20 bits per heavy atom. The predicted molar refractivity (Wildman–Crippen MR) is 78.4 cm³/mol. The van der Waals surface area contributed by atoms with Crippen LogP contribution in [0.5, 0.6) is 0 Å². The van der Waals surface area contributed by atoms with Crippen molar-refractivity contribution >= 4 is 5.91 Å². The minimum atomic E-state index is 0.0385. The Kier molecular flexibility index (Phi) is 4.13. The summed E-state index contributed by atoms with van der Waals surface area (Å²) in [5.41, 5.74) is 0. The molecule has 0 bridgehead atoms. The standard InChI is InChI=1S/C16H26N2O2/c1-17(2)16(19)13-11-18(14-8-9-20-15(13)14)10-12-6-4-3-5-7-12/h3-4,12-15H,5-11H2,1-2H3/t12-,13-,14+,15+/m0/s1. The van der Waals surface area contributed by atoms with E-state index in [4.69, 9.17) is 4.74 Å². The van der Waals surface area contributed by atoms with E-state index < -0.39 is 0 Å².